The summed E-state index contributed by atoms with van der Waals surface area (Å²) in [6.07, 6.45) is 2.19. The van der Waals surface area contributed by atoms with Crippen molar-refractivity contribution in [3.8, 4) is 40.4 Å². The van der Waals surface area contributed by atoms with Crippen LogP contribution in [0.15, 0.2) is 42.6 Å². The third kappa shape index (κ3) is 7.92. The summed E-state index contributed by atoms with van der Waals surface area (Å²) in [4.78, 5) is 23.1. The fourth-order valence-electron chi connectivity index (χ4n) is 10.7. The molecule has 1 unspecified atom stereocenters. The van der Waals surface area contributed by atoms with Gasteiger partial charge in [0.1, 0.15) is 66.8 Å². The molecular weight excluding hydrogens is 824 g/mol. The summed E-state index contributed by atoms with van der Waals surface area (Å²) < 4.78 is 73.7. The molecule has 3 aliphatic heterocycles. The van der Waals surface area contributed by atoms with E-state index in [-0.39, 0.29) is 69.6 Å². The lowest BCUT2D eigenvalue weighted by molar-refractivity contribution is 0.0512. The third-order valence-corrected chi connectivity index (χ3v) is 20.0. The topological polar surface area (TPSA) is 121 Å². The summed E-state index contributed by atoms with van der Waals surface area (Å²) in [7, 11) is -0.844. The first kappa shape index (κ1) is 44.4. The van der Waals surface area contributed by atoms with Crippen molar-refractivity contribution >= 4 is 41.4 Å². The average Bonchev–Trinajstić information content (AvgIpc) is 3.73. The lowest BCUT2D eigenvalue weighted by Crippen LogP contribution is -2.43. The number of nitrogen functional groups attached to an aromatic ring is 1. The zero-order valence-electron chi connectivity index (χ0n) is 37.7. The largest absolute Gasteiger partial charge is 0.472 e. The van der Waals surface area contributed by atoms with Crippen LogP contribution in [0.4, 0.5) is 24.8 Å². The first-order valence-electron chi connectivity index (χ1n) is 22.1. The molecule has 2 N–H and O–H groups in total. The maximum Gasteiger partial charge on any atom is 0.319 e. The van der Waals surface area contributed by atoms with Crippen LogP contribution in [0.3, 0.4) is 0 Å². The van der Waals surface area contributed by atoms with Gasteiger partial charge in [-0.3, -0.25) is 4.90 Å². The van der Waals surface area contributed by atoms with Gasteiger partial charge in [0.05, 0.1) is 23.7 Å². The normalized spacial score (nSPS) is 20.6. The van der Waals surface area contributed by atoms with Crippen LogP contribution < -0.4 is 24.8 Å². The molecule has 0 radical (unpaired) electrons. The molecule has 6 heterocycles. The van der Waals surface area contributed by atoms with Crippen molar-refractivity contribution in [1.29, 1.82) is 0 Å². The van der Waals surface area contributed by atoms with E-state index >= 15 is 8.78 Å². The van der Waals surface area contributed by atoms with Gasteiger partial charge in [-0.05, 0) is 79.5 Å². The van der Waals surface area contributed by atoms with E-state index in [0.29, 0.717) is 47.7 Å². The molecule has 3 aromatic heterocycles. The Labute approximate surface area is 368 Å². The number of hydrogen-bond acceptors (Lipinski definition) is 11. The molecule has 2 fully saturated rings. The van der Waals surface area contributed by atoms with E-state index < -0.39 is 43.6 Å². The van der Waals surface area contributed by atoms with E-state index in [0.717, 1.165) is 24.9 Å². The minimum atomic E-state index is -2.35. The Kier molecular flexibility index (Phi) is 12.3. The Morgan fingerprint density at radius 3 is 2.46 bits per heavy atom. The minimum Gasteiger partial charge on any atom is -0.472 e. The number of alkyl halides is 1. The first-order valence-corrected chi connectivity index (χ1v) is 24.3. The van der Waals surface area contributed by atoms with Gasteiger partial charge in [-0.25, -0.2) is 23.1 Å². The number of aromatic nitrogens is 4. The molecular formula is C48H58F3N7O4Si. The highest BCUT2D eigenvalue weighted by Gasteiger charge is 2.49. The number of nitrogens with two attached hydrogens (primary N) is 1. The van der Waals surface area contributed by atoms with Gasteiger partial charge in [-0.1, -0.05) is 59.6 Å². The van der Waals surface area contributed by atoms with Gasteiger partial charge in [0.25, 0.3) is 0 Å². The van der Waals surface area contributed by atoms with Crippen molar-refractivity contribution in [2.24, 2.45) is 0 Å². The predicted octanol–water partition coefficient (Wildman–Crippen LogP) is 9.96. The molecule has 63 heavy (non-hydrogen) atoms. The zero-order chi connectivity index (χ0) is 45.0. The van der Waals surface area contributed by atoms with Crippen LogP contribution >= 0.6 is 0 Å². The first-order chi connectivity index (χ1) is 30.1. The highest BCUT2D eigenvalue weighted by atomic mass is 28.3. The summed E-state index contributed by atoms with van der Waals surface area (Å²) in [6, 6.07) is 9.64. The monoisotopic (exact) mass is 881 g/mol. The standard InChI is InChI=1S/C48H58F3N7O4Si/c1-27(2)63(28(3)4,29(5)6)19-15-36-38(50)14-13-32-20-34(61-26-59-9)21-37(39(32)36)42-41(51)43-40-45(56-47(55-43)60-25-48-16-11-18-57(48)24-33(49)22-48)58(23-30(7)62-46(40)54-42)31(8)35-12-10-17-53-44(35)52/h10,12-14,17,20-21,27-31,33H,11,16,18,22-26H2,1-9H3,(H2,52,53)/t30-,31?,33+,48-/m0/s1. The molecule has 8 rings (SSSR count). The van der Waals surface area contributed by atoms with E-state index in [9.17, 15) is 4.39 Å². The van der Waals surface area contributed by atoms with Crippen LogP contribution in [0.2, 0.25) is 16.6 Å². The number of rotatable bonds is 12. The number of nitrogens with zero attached hydrogens (tertiary/aromatic N) is 6. The minimum absolute atomic E-state index is 0.0778. The van der Waals surface area contributed by atoms with Gasteiger partial charge in [0.15, 0.2) is 12.6 Å². The van der Waals surface area contributed by atoms with E-state index in [1.165, 1.54) is 13.2 Å². The van der Waals surface area contributed by atoms with Crippen molar-refractivity contribution in [3.63, 3.8) is 0 Å². The molecule has 0 amide bonds. The van der Waals surface area contributed by atoms with Crippen molar-refractivity contribution in [3.05, 3.63) is 65.4 Å². The molecule has 0 saturated carbocycles. The van der Waals surface area contributed by atoms with Crippen molar-refractivity contribution in [2.75, 3.05) is 50.8 Å². The van der Waals surface area contributed by atoms with Crippen LogP contribution in [0.1, 0.15) is 91.8 Å². The van der Waals surface area contributed by atoms with E-state index in [1.807, 2.05) is 30.9 Å². The van der Waals surface area contributed by atoms with Gasteiger partial charge >= 0.3 is 6.01 Å². The predicted molar refractivity (Wildman–Crippen MR) is 244 cm³/mol. The number of ether oxygens (including phenoxy) is 4. The Morgan fingerprint density at radius 2 is 1.75 bits per heavy atom. The summed E-state index contributed by atoms with van der Waals surface area (Å²) in [5.74, 6) is 3.12. The molecule has 0 spiro atoms. The number of halogens is 3. The highest BCUT2D eigenvalue weighted by Crippen LogP contribution is 2.47. The van der Waals surface area contributed by atoms with Gasteiger partial charge < -0.3 is 29.6 Å². The lowest BCUT2D eigenvalue weighted by Gasteiger charge is -2.38. The Morgan fingerprint density at radius 1 is 0.984 bits per heavy atom. The van der Waals surface area contributed by atoms with Gasteiger partial charge in [-0.15, -0.1) is 5.54 Å². The fraction of sp³-hybridized carbons (Fsp3) is 0.500. The smallest absolute Gasteiger partial charge is 0.319 e. The average molecular weight is 882 g/mol. The summed E-state index contributed by atoms with van der Waals surface area (Å²) in [6.45, 7) is 18.5. The van der Waals surface area contributed by atoms with Gasteiger partial charge in [0.2, 0.25) is 5.88 Å². The van der Waals surface area contributed by atoms with Crippen molar-refractivity contribution < 1.29 is 32.1 Å². The number of hydrogen-bond donors (Lipinski definition) is 1. The highest BCUT2D eigenvalue weighted by molar-refractivity contribution is 6.90. The Hall–Kier alpha value is -5.17. The molecule has 11 nitrogen and oxygen atoms in total. The summed E-state index contributed by atoms with van der Waals surface area (Å²) in [5.41, 5.74) is 11.3. The lowest BCUT2D eigenvalue weighted by atomic mass is 9.95. The summed E-state index contributed by atoms with van der Waals surface area (Å²) >= 11 is 0. The molecule has 2 saturated heterocycles. The zero-order valence-corrected chi connectivity index (χ0v) is 38.7. The van der Waals surface area contributed by atoms with Crippen LogP contribution in [0.25, 0.3) is 32.9 Å². The fourth-order valence-corrected chi connectivity index (χ4v) is 15.9. The molecule has 5 aromatic rings. The number of anilines is 2. The Balaban J connectivity index is 1.39. The molecule has 0 bridgehead atoms. The van der Waals surface area contributed by atoms with Crippen molar-refractivity contribution in [1.82, 2.24) is 24.8 Å². The quantitative estimate of drug-likeness (QED) is 0.0733. The molecule has 0 aliphatic carbocycles. The van der Waals surface area contributed by atoms with E-state index in [1.54, 1.807) is 24.4 Å². The third-order valence-electron chi connectivity index (χ3n) is 13.7. The second-order valence-corrected chi connectivity index (χ2v) is 24.0. The molecule has 4 atom stereocenters. The van der Waals surface area contributed by atoms with E-state index in [4.69, 9.17) is 39.6 Å². The molecule has 15 heteroatoms. The van der Waals surface area contributed by atoms with Crippen LogP contribution in [0.5, 0.6) is 17.6 Å². The molecule has 334 valence electrons. The van der Waals surface area contributed by atoms with Crippen LogP contribution in [-0.2, 0) is 4.74 Å². The number of pyridine rings is 2. The number of benzene rings is 2. The van der Waals surface area contributed by atoms with Gasteiger partial charge in [-0.2, -0.15) is 9.97 Å². The van der Waals surface area contributed by atoms with Crippen LogP contribution in [0, 0.1) is 23.1 Å². The number of methoxy groups -OCH3 is 1. The van der Waals surface area contributed by atoms with E-state index in [2.05, 4.69) is 62.9 Å². The van der Waals surface area contributed by atoms with Crippen molar-refractivity contribution in [2.45, 2.75) is 115 Å². The SMILES string of the molecule is COCOc1cc(-c2nc3c4c(nc(OC[C@@]56CCCN5C[C@H](F)C6)nc4c2F)N(C(C)c2cccnc2N)C[C@H](C)O3)c2c(C#C[Si](C(C)C)(C(C)C)C(C)C)c(F)ccc2c1. The summed E-state index contributed by atoms with van der Waals surface area (Å²) in [5, 5.41) is 1.18. The maximum absolute atomic E-state index is 18.1. The maximum atomic E-state index is 18.1. The second kappa shape index (κ2) is 17.4. The number of fused-ring (bicyclic) bond motifs is 2. The Bertz CT molecular complexity index is 2580. The second-order valence-electron chi connectivity index (χ2n) is 18.4. The molecule has 3 aliphatic rings. The van der Waals surface area contributed by atoms with Crippen LogP contribution in [-0.4, -0.2) is 90.9 Å². The molecule has 2 aromatic carbocycles. The van der Waals surface area contributed by atoms with Gasteiger partial charge in [0, 0.05) is 42.8 Å².